The maximum Gasteiger partial charge on any atom is 0.314 e. The highest BCUT2D eigenvalue weighted by Gasteiger charge is 2.10. The van der Waals surface area contributed by atoms with E-state index in [1.54, 1.807) is 12.1 Å². The third-order valence-electron chi connectivity index (χ3n) is 2.59. The fraction of sp³-hybridized carbons (Fsp3) is 0.462. The monoisotopic (exact) mass is 251 g/mol. The van der Waals surface area contributed by atoms with Crippen LogP contribution in [0, 0.1) is 0 Å². The summed E-state index contributed by atoms with van der Waals surface area (Å²) in [5.74, 6) is 0. The van der Waals surface area contributed by atoms with Crippen molar-refractivity contribution in [2.24, 2.45) is 0 Å². The van der Waals surface area contributed by atoms with Crippen molar-refractivity contribution < 1.29 is 9.90 Å². The number of hydrogen-bond donors (Lipinski definition) is 4. The van der Waals surface area contributed by atoms with Crippen LogP contribution in [0.5, 0.6) is 0 Å². The average molecular weight is 251 g/mol. The van der Waals surface area contributed by atoms with E-state index in [1.807, 2.05) is 19.1 Å². The number of nitrogen functional groups attached to an aromatic ring is 1. The van der Waals surface area contributed by atoms with E-state index in [2.05, 4.69) is 10.6 Å². The first kappa shape index (κ1) is 14.3. The van der Waals surface area contributed by atoms with Crippen molar-refractivity contribution in [2.45, 2.75) is 25.9 Å². The highest BCUT2D eigenvalue weighted by atomic mass is 16.3. The number of rotatable bonds is 6. The molecular weight excluding hydrogens is 230 g/mol. The van der Waals surface area contributed by atoms with Crippen molar-refractivity contribution in [3.63, 3.8) is 0 Å². The van der Waals surface area contributed by atoms with Gasteiger partial charge in [0.25, 0.3) is 0 Å². The predicted octanol–water partition coefficient (Wildman–Crippen LogP) is 1.40. The van der Waals surface area contributed by atoms with Crippen molar-refractivity contribution in [3.05, 3.63) is 29.8 Å². The molecule has 1 atom stereocenters. The summed E-state index contributed by atoms with van der Waals surface area (Å²) >= 11 is 0. The highest BCUT2D eigenvalue weighted by molar-refractivity contribution is 5.73. The van der Waals surface area contributed by atoms with Gasteiger partial charge in [-0.2, -0.15) is 0 Å². The molecule has 1 aromatic rings. The summed E-state index contributed by atoms with van der Waals surface area (Å²) in [6.07, 6.45) is 0.683. The zero-order valence-corrected chi connectivity index (χ0v) is 10.6. The number of amides is 2. The molecule has 0 radical (unpaired) electrons. The molecule has 1 aromatic carbocycles. The molecule has 100 valence electrons. The van der Waals surface area contributed by atoms with Gasteiger partial charge in [-0.05, 0) is 18.9 Å². The average Bonchev–Trinajstić information content (AvgIpc) is 2.36. The van der Waals surface area contributed by atoms with E-state index < -0.39 is 6.10 Å². The van der Waals surface area contributed by atoms with Crippen LogP contribution in [-0.4, -0.2) is 24.2 Å². The number of carbonyl (C=O) groups excluding carboxylic acids is 1. The van der Waals surface area contributed by atoms with Crippen LogP contribution in [0.2, 0.25) is 0 Å². The van der Waals surface area contributed by atoms with Crippen molar-refractivity contribution in [3.8, 4) is 0 Å². The van der Waals surface area contributed by atoms with Crippen LogP contribution in [0.1, 0.15) is 31.4 Å². The predicted molar refractivity (Wildman–Crippen MR) is 72.1 cm³/mol. The Hall–Kier alpha value is -1.75. The summed E-state index contributed by atoms with van der Waals surface area (Å²) in [6, 6.07) is 6.99. The van der Waals surface area contributed by atoms with Crippen LogP contribution in [0.3, 0.4) is 0 Å². The quantitative estimate of drug-likeness (QED) is 0.576. The zero-order chi connectivity index (χ0) is 13.4. The fourth-order valence-corrected chi connectivity index (χ4v) is 1.59. The van der Waals surface area contributed by atoms with Gasteiger partial charge in [0.05, 0.1) is 6.10 Å². The molecular formula is C13H21N3O2. The van der Waals surface area contributed by atoms with Crippen LogP contribution in [0.25, 0.3) is 0 Å². The summed E-state index contributed by atoms with van der Waals surface area (Å²) in [5.41, 5.74) is 7.03. The molecule has 0 saturated heterocycles. The minimum absolute atomic E-state index is 0.204. The first-order valence-electron chi connectivity index (χ1n) is 6.19. The van der Waals surface area contributed by atoms with E-state index in [1.165, 1.54) is 0 Å². The molecule has 0 spiro atoms. The van der Waals surface area contributed by atoms with Crippen molar-refractivity contribution in [1.82, 2.24) is 10.6 Å². The molecule has 0 aliphatic rings. The number of benzene rings is 1. The molecule has 5 N–H and O–H groups in total. The molecule has 1 rings (SSSR count). The molecule has 5 heteroatoms. The Morgan fingerprint density at radius 3 is 2.67 bits per heavy atom. The lowest BCUT2D eigenvalue weighted by Crippen LogP contribution is -2.36. The normalized spacial score (nSPS) is 11.9. The van der Waals surface area contributed by atoms with Gasteiger partial charge in [0.15, 0.2) is 0 Å². The first-order chi connectivity index (χ1) is 8.65. The van der Waals surface area contributed by atoms with Gasteiger partial charge < -0.3 is 21.5 Å². The van der Waals surface area contributed by atoms with Gasteiger partial charge in [-0.1, -0.05) is 25.1 Å². The Morgan fingerprint density at radius 1 is 1.33 bits per heavy atom. The summed E-state index contributed by atoms with van der Waals surface area (Å²) in [6.45, 7) is 3.05. The van der Waals surface area contributed by atoms with Gasteiger partial charge in [-0.25, -0.2) is 4.79 Å². The van der Waals surface area contributed by atoms with Crippen molar-refractivity contribution >= 4 is 11.7 Å². The molecule has 0 aromatic heterocycles. The molecule has 2 amide bonds. The Kier molecular flexibility index (Phi) is 6.00. The van der Waals surface area contributed by atoms with Crippen LogP contribution >= 0.6 is 0 Å². The SMILES string of the molecule is CCCNC(=O)NCCC(O)c1ccccc1N. The topological polar surface area (TPSA) is 87.4 Å². The van der Waals surface area contributed by atoms with Crippen LogP contribution in [0.15, 0.2) is 24.3 Å². The largest absolute Gasteiger partial charge is 0.398 e. The number of nitrogens with two attached hydrogens (primary N) is 1. The molecule has 0 aliphatic heterocycles. The molecule has 0 aliphatic carbocycles. The number of para-hydroxylation sites is 1. The number of nitrogens with one attached hydrogen (secondary N) is 2. The molecule has 0 saturated carbocycles. The Balaban J connectivity index is 2.31. The van der Waals surface area contributed by atoms with E-state index in [-0.39, 0.29) is 6.03 Å². The minimum atomic E-state index is -0.655. The van der Waals surface area contributed by atoms with Gasteiger partial charge in [0.1, 0.15) is 0 Å². The Bertz CT molecular complexity index is 382. The second-order valence-corrected chi connectivity index (χ2v) is 4.12. The molecule has 5 nitrogen and oxygen atoms in total. The summed E-state index contributed by atoms with van der Waals surface area (Å²) in [4.78, 5) is 11.3. The zero-order valence-electron chi connectivity index (χ0n) is 10.6. The van der Waals surface area contributed by atoms with Gasteiger partial charge in [-0.15, -0.1) is 0 Å². The molecule has 0 heterocycles. The van der Waals surface area contributed by atoms with Crippen molar-refractivity contribution in [1.29, 1.82) is 0 Å². The minimum Gasteiger partial charge on any atom is -0.398 e. The lowest BCUT2D eigenvalue weighted by Gasteiger charge is -2.13. The number of aliphatic hydroxyl groups excluding tert-OH is 1. The fourth-order valence-electron chi connectivity index (χ4n) is 1.59. The lowest BCUT2D eigenvalue weighted by molar-refractivity contribution is 0.167. The van der Waals surface area contributed by atoms with Crippen LogP contribution in [-0.2, 0) is 0 Å². The number of urea groups is 1. The Morgan fingerprint density at radius 2 is 2.00 bits per heavy atom. The molecule has 18 heavy (non-hydrogen) atoms. The van der Waals surface area contributed by atoms with Gasteiger partial charge >= 0.3 is 6.03 Å². The smallest absolute Gasteiger partial charge is 0.314 e. The summed E-state index contributed by atoms with van der Waals surface area (Å²) < 4.78 is 0. The third-order valence-corrected chi connectivity index (χ3v) is 2.59. The van der Waals surface area contributed by atoms with Gasteiger partial charge in [-0.3, -0.25) is 0 Å². The van der Waals surface area contributed by atoms with Gasteiger partial charge in [0, 0.05) is 24.3 Å². The first-order valence-corrected chi connectivity index (χ1v) is 6.19. The summed E-state index contributed by atoms with van der Waals surface area (Å²) in [5, 5.41) is 15.3. The maximum atomic E-state index is 11.3. The molecule has 1 unspecified atom stereocenters. The lowest BCUT2D eigenvalue weighted by atomic mass is 10.0. The van der Waals surface area contributed by atoms with Crippen molar-refractivity contribution in [2.75, 3.05) is 18.8 Å². The second kappa shape index (κ2) is 7.55. The number of carbonyl (C=O) groups is 1. The standard InChI is InChI=1S/C13H21N3O2/c1-2-8-15-13(18)16-9-7-12(17)10-5-3-4-6-11(10)14/h3-6,12,17H,2,7-9,14H2,1H3,(H2,15,16,18). The third kappa shape index (κ3) is 4.63. The molecule has 0 bridgehead atoms. The van der Waals surface area contributed by atoms with Crippen LogP contribution < -0.4 is 16.4 Å². The number of anilines is 1. The van der Waals surface area contributed by atoms with Gasteiger partial charge in [0.2, 0.25) is 0 Å². The van der Waals surface area contributed by atoms with E-state index in [0.29, 0.717) is 30.8 Å². The highest BCUT2D eigenvalue weighted by Crippen LogP contribution is 2.21. The molecule has 0 fully saturated rings. The summed E-state index contributed by atoms with van der Waals surface area (Å²) in [7, 11) is 0. The number of hydrogen-bond acceptors (Lipinski definition) is 3. The second-order valence-electron chi connectivity index (χ2n) is 4.12. The van der Waals surface area contributed by atoms with E-state index in [9.17, 15) is 9.90 Å². The Labute approximate surface area is 107 Å². The van der Waals surface area contributed by atoms with Crippen LogP contribution in [0.4, 0.5) is 10.5 Å². The number of aliphatic hydroxyl groups is 1. The van der Waals surface area contributed by atoms with E-state index >= 15 is 0 Å². The van der Waals surface area contributed by atoms with E-state index in [4.69, 9.17) is 5.73 Å². The van der Waals surface area contributed by atoms with E-state index in [0.717, 1.165) is 6.42 Å². The maximum absolute atomic E-state index is 11.3.